The van der Waals surface area contributed by atoms with Crippen LogP contribution in [0.2, 0.25) is 0 Å². The van der Waals surface area contributed by atoms with E-state index in [1.165, 1.54) is 19.3 Å². The van der Waals surface area contributed by atoms with E-state index in [0.29, 0.717) is 16.2 Å². The lowest BCUT2D eigenvalue weighted by Crippen LogP contribution is -2.61. The zero-order chi connectivity index (χ0) is 10.2. The van der Waals surface area contributed by atoms with Crippen molar-refractivity contribution in [1.29, 1.82) is 0 Å². The Labute approximate surface area is 86.9 Å². The molecule has 0 unspecified atom stereocenters. The first-order chi connectivity index (χ1) is 6.24. The van der Waals surface area contributed by atoms with Crippen LogP contribution in [0.4, 0.5) is 0 Å². The molecule has 4 rings (SSSR count). The predicted molar refractivity (Wildman–Crippen MR) is 57.0 cm³/mol. The third-order valence-electron chi connectivity index (χ3n) is 4.83. The average molecular weight is 194 g/mol. The fourth-order valence-electron chi connectivity index (χ4n) is 6.22. The lowest BCUT2D eigenvalue weighted by atomic mass is 9.39. The minimum atomic E-state index is -0.312. The van der Waals surface area contributed by atoms with Gasteiger partial charge in [-0.05, 0) is 54.8 Å². The lowest BCUT2D eigenvalue weighted by molar-refractivity contribution is -0.219. The highest BCUT2D eigenvalue weighted by Gasteiger charge is 2.63. The molecule has 80 valence electrons. The van der Waals surface area contributed by atoms with Crippen LogP contribution in [-0.4, -0.2) is 10.7 Å². The van der Waals surface area contributed by atoms with Crippen molar-refractivity contribution in [2.45, 2.75) is 64.9 Å². The highest BCUT2D eigenvalue weighted by Crippen LogP contribution is 2.70. The van der Waals surface area contributed by atoms with Crippen LogP contribution >= 0.6 is 0 Å². The summed E-state index contributed by atoms with van der Waals surface area (Å²) in [6.45, 7) is 7.18. The van der Waals surface area contributed by atoms with E-state index in [4.69, 9.17) is 0 Å². The first-order valence-electron chi connectivity index (χ1n) is 5.97. The summed E-state index contributed by atoms with van der Waals surface area (Å²) in [6.07, 6.45) is 7.22. The summed E-state index contributed by atoms with van der Waals surface area (Å²) in [5.41, 5.74) is 1.00. The molecule has 0 saturated heterocycles. The average Bonchev–Trinajstić information content (AvgIpc) is 1.67. The minimum absolute atomic E-state index is 0.312. The summed E-state index contributed by atoms with van der Waals surface area (Å²) < 4.78 is 0. The Hall–Kier alpha value is -0.0400. The van der Waals surface area contributed by atoms with E-state index in [1.54, 1.807) is 0 Å². The second-order valence-electron chi connectivity index (χ2n) is 7.72. The standard InChI is InChI=1S/C13H22O/c1-10-4-11(2)6-12(3,5-10)9-13(14,7-10)8-11/h14H,4-9H2,1-3H3. The van der Waals surface area contributed by atoms with Gasteiger partial charge in [0.1, 0.15) is 0 Å². The van der Waals surface area contributed by atoms with E-state index < -0.39 is 0 Å². The van der Waals surface area contributed by atoms with E-state index in [2.05, 4.69) is 20.8 Å². The van der Waals surface area contributed by atoms with Crippen LogP contribution in [0.1, 0.15) is 59.3 Å². The van der Waals surface area contributed by atoms with Crippen LogP contribution in [0.25, 0.3) is 0 Å². The summed E-state index contributed by atoms with van der Waals surface area (Å²) >= 11 is 0. The van der Waals surface area contributed by atoms with E-state index in [-0.39, 0.29) is 5.60 Å². The van der Waals surface area contributed by atoms with Crippen molar-refractivity contribution in [3.63, 3.8) is 0 Å². The minimum Gasteiger partial charge on any atom is -0.390 e. The quantitative estimate of drug-likeness (QED) is 0.628. The van der Waals surface area contributed by atoms with Crippen LogP contribution in [0.5, 0.6) is 0 Å². The Morgan fingerprint density at radius 1 is 0.643 bits per heavy atom. The molecule has 0 heterocycles. The highest BCUT2D eigenvalue weighted by atomic mass is 16.3. The second kappa shape index (κ2) is 2.07. The molecule has 0 amide bonds. The molecule has 0 atom stereocenters. The van der Waals surface area contributed by atoms with Crippen LogP contribution in [0, 0.1) is 16.2 Å². The smallest absolute Gasteiger partial charge is 0.0663 e. The largest absolute Gasteiger partial charge is 0.390 e. The van der Waals surface area contributed by atoms with Gasteiger partial charge in [0.15, 0.2) is 0 Å². The van der Waals surface area contributed by atoms with Crippen molar-refractivity contribution in [3.8, 4) is 0 Å². The zero-order valence-electron chi connectivity index (χ0n) is 9.69. The highest BCUT2D eigenvalue weighted by molar-refractivity contribution is 5.14. The molecule has 1 heteroatoms. The molecule has 0 radical (unpaired) electrons. The molecular weight excluding hydrogens is 172 g/mol. The number of hydrogen-bond acceptors (Lipinski definition) is 1. The van der Waals surface area contributed by atoms with Crippen LogP contribution in [0.3, 0.4) is 0 Å². The molecule has 4 fully saturated rings. The van der Waals surface area contributed by atoms with Gasteiger partial charge in [-0.3, -0.25) is 0 Å². The molecule has 0 spiro atoms. The normalized spacial score (nSPS) is 66.0. The Balaban J connectivity index is 2.08. The molecule has 0 aromatic heterocycles. The van der Waals surface area contributed by atoms with Crippen molar-refractivity contribution in [2.24, 2.45) is 16.2 Å². The maximum atomic E-state index is 10.6. The van der Waals surface area contributed by atoms with Gasteiger partial charge in [-0.25, -0.2) is 0 Å². The zero-order valence-corrected chi connectivity index (χ0v) is 9.69. The van der Waals surface area contributed by atoms with E-state index >= 15 is 0 Å². The molecule has 1 N–H and O–H groups in total. The Bertz CT molecular complexity index is 198. The molecule has 4 bridgehead atoms. The maximum absolute atomic E-state index is 10.6. The Kier molecular flexibility index (Phi) is 1.36. The predicted octanol–water partition coefficient (Wildman–Crippen LogP) is 3.12. The van der Waals surface area contributed by atoms with E-state index in [1.807, 2.05) is 0 Å². The van der Waals surface area contributed by atoms with Gasteiger partial charge in [-0.15, -0.1) is 0 Å². The van der Waals surface area contributed by atoms with Gasteiger partial charge in [0.25, 0.3) is 0 Å². The van der Waals surface area contributed by atoms with E-state index in [9.17, 15) is 5.11 Å². The number of hydrogen-bond donors (Lipinski definition) is 1. The summed E-state index contributed by atoms with van der Waals surface area (Å²) in [5.74, 6) is 0. The van der Waals surface area contributed by atoms with E-state index in [0.717, 1.165) is 19.3 Å². The fourth-order valence-corrected chi connectivity index (χ4v) is 6.22. The van der Waals surface area contributed by atoms with Gasteiger partial charge < -0.3 is 5.11 Å². The number of rotatable bonds is 0. The number of aliphatic hydroxyl groups is 1. The molecule has 0 aromatic carbocycles. The van der Waals surface area contributed by atoms with Crippen LogP contribution in [0.15, 0.2) is 0 Å². The van der Waals surface area contributed by atoms with Crippen molar-refractivity contribution in [3.05, 3.63) is 0 Å². The van der Waals surface area contributed by atoms with Gasteiger partial charge in [0.05, 0.1) is 5.60 Å². The van der Waals surface area contributed by atoms with Crippen LogP contribution < -0.4 is 0 Å². The van der Waals surface area contributed by atoms with Gasteiger partial charge in [-0.1, -0.05) is 20.8 Å². The first kappa shape index (κ1) is 9.21. The lowest BCUT2D eigenvalue weighted by Gasteiger charge is -2.67. The van der Waals surface area contributed by atoms with Gasteiger partial charge in [0.2, 0.25) is 0 Å². The Morgan fingerprint density at radius 3 is 1.14 bits per heavy atom. The summed E-state index contributed by atoms with van der Waals surface area (Å²) in [7, 11) is 0. The first-order valence-corrected chi connectivity index (χ1v) is 5.97. The summed E-state index contributed by atoms with van der Waals surface area (Å²) in [5, 5.41) is 10.6. The molecule has 0 aliphatic heterocycles. The molecule has 4 aliphatic rings. The van der Waals surface area contributed by atoms with Crippen molar-refractivity contribution >= 4 is 0 Å². The van der Waals surface area contributed by atoms with Crippen molar-refractivity contribution in [2.75, 3.05) is 0 Å². The fraction of sp³-hybridized carbons (Fsp3) is 1.00. The van der Waals surface area contributed by atoms with Gasteiger partial charge in [-0.2, -0.15) is 0 Å². The Morgan fingerprint density at radius 2 is 0.929 bits per heavy atom. The SMILES string of the molecule is CC12CC3(C)CC(C)(C1)CC(O)(C2)C3. The third-order valence-corrected chi connectivity index (χ3v) is 4.83. The second-order valence-corrected chi connectivity index (χ2v) is 7.72. The molecule has 0 aromatic rings. The molecule has 4 saturated carbocycles. The van der Waals surface area contributed by atoms with Crippen LogP contribution in [-0.2, 0) is 0 Å². The van der Waals surface area contributed by atoms with Gasteiger partial charge in [0, 0.05) is 0 Å². The topological polar surface area (TPSA) is 20.2 Å². The monoisotopic (exact) mass is 194 g/mol. The van der Waals surface area contributed by atoms with Crippen molar-refractivity contribution in [1.82, 2.24) is 0 Å². The molecule has 14 heavy (non-hydrogen) atoms. The van der Waals surface area contributed by atoms with Crippen molar-refractivity contribution < 1.29 is 5.11 Å². The summed E-state index contributed by atoms with van der Waals surface area (Å²) in [6, 6.07) is 0. The summed E-state index contributed by atoms with van der Waals surface area (Å²) in [4.78, 5) is 0. The molecule has 1 nitrogen and oxygen atoms in total. The third kappa shape index (κ3) is 1.11. The molecule has 4 aliphatic carbocycles. The molecular formula is C13H22O. The van der Waals surface area contributed by atoms with Gasteiger partial charge >= 0.3 is 0 Å². The maximum Gasteiger partial charge on any atom is 0.0663 e.